The Balaban J connectivity index is 2.03. The maximum atomic E-state index is 11.2. The van der Waals surface area contributed by atoms with Gasteiger partial charge in [0, 0.05) is 25.7 Å². The number of ether oxygens (including phenoxy) is 1. The zero-order valence-electron chi connectivity index (χ0n) is 11.6. The van der Waals surface area contributed by atoms with Gasteiger partial charge in [0.2, 0.25) is 0 Å². The number of aromatic carboxylic acids is 1. The number of morpholine rings is 1. The quantitative estimate of drug-likeness (QED) is 0.700. The topological polar surface area (TPSA) is 87.8 Å². The van der Waals surface area contributed by atoms with Crippen LogP contribution in [0.3, 0.4) is 0 Å². The summed E-state index contributed by atoms with van der Waals surface area (Å²) in [6.45, 7) is 6.16. The van der Waals surface area contributed by atoms with Crippen molar-refractivity contribution in [2.75, 3.05) is 43.9 Å². The van der Waals surface area contributed by atoms with Crippen LogP contribution in [0.15, 0.2) is 18.2 Å². The molecule has 0 saturated carbocycles. The first kappa shape index (κ1) is 14.6. The van der Waals surface area contributed by atoms with E-state index in [1.165, 1.54) is 0 Å². The molecular formula is C14H21N3O3. The van der Waals surface area contributed by atoms with Gasteiger partial charge in [0.25, 0.3) is 0 Å². The molecule has 0 bridgehead atoms. The van der Waals surface area contributed by atoms with Crippen LogP contribution in [0.5, 0.6) is 0 Å². The van der Waals surface area contributed by atoms with E-state index in [0.29, 0.717) is 11.4 Å². The van der Waals surface area contributed by atoms with E-state index in [2.05, 4.69) is 10.2 Å². The Morgan fingerprint density at radius 1 is 1.50 bits per heavy atom. The van der Waals surface area contributed by atoms with E-state index >= 15 is 0 Å². The Kier molecular flexibility index (Phi) is 4.81. The van der Waals surface area contributed by atoms with Crippen molar-refractivity contribution in [2.24, 2.45) is 0 Å². The minimum Gasteiger partial charge on any atom is -0.478 e. The molecule has 0 aliphatic carbocycles. The molecule has 1 heterocycles. The maximum absolute atomic E-state index is 11.2. The molecule has 6 nitrogen and oxygen atoms in total. The van der Waals surface area contributed by atoms with Gasteiger partial charge in [-0.05, 0) is 19.1 Å². The van der Waals surface area contributed by atoms with E-state index in [4.69, 9.17) is 10.5 Å². The number of carboxylic acids is 1. The second kappa shape index (κ2) is 6.58. The first-order valence-electron chi connectivity index (χ1n) is 6.76. The molecule has 1 aromatic carbocycles. The number of carbonyl (C=O) groups is 1. The van der Waals surface area contributed by atoms with E-state index in [0.717, 1.165) is 32.8 Å². The largest absolute Gasteiger partial charge is 0.478 e. The van der Waals surface area contributed by atoms with Gasteiger partial charge in [0.05, 0.1) is 30.2 Å². The van der Waals surface area contributed by atoms with E-state index in [1.807, 2.05) is 6.92 Å². The number of hydrogen-bond donors (Lipinski definition) is 3. The van der Waals surface area contributed by atoms with Crippen molar-refractivity contribution in [2.45, 2.75) is 13.0 Å². The fourth-order valence-corrected chi connectivity index (χ4v) is 2.37. The van der Waals surface area contributed by atoms with Crippen molar-refractivity contribution in [3.8, 4) is 0 Å². The van der Waals surface area contributed by atoms with Crippen LogP contribution in [0, 0.1) is 0 Å². The predicted octanol–water partition coefficient (Wildman–Crippen LogP) is 1.10. The minimum absolute atomic E-state index is 0.107. The highest BCUT2D eigenvalue weighted by atomic mass is 16.5. The fraction of sp³-hybridized carbons (Fsp3) is 0.500. The Morgan fingerprint density at radius 3 is 2.85 bits per heavy atom. The van der Waals surface area contributed by atoms with E-state index in [9.17, 15) is 9.90 Å². The Morgan fingerprint density at radius 2 is 2.20 bits per heavy atom. The zero-order valence-corrected chi connectivity index (χ0v) is 11.6. The second-order valence-electron chi connectivity index (χ2n) is 5.03. The van der Waals surface area contributed by atoms with E-state index in [-0.39, 0.29) is 11.6 Å². The number of carboxylic acid groups (broad SMARTS) is 1. The van der Waals surface area contributed by atoms with Gasteiger partial charge >= 0.3 is 5.97 Å². The van der Waals surface area contributed by atoms with Crippen LogP contribution in [-0.4, -0.2) is 54.9 Å². The first-order chi connectivity index (χ1) is 9.58. The third-order valence-corrected chi connectivity index (χ3v) is 3.35. The van der Waals surface area contributed by atoms with Crippen molar-refractivity contribution < 1.29 is 14.6 Å². The summed E-state index contributed by atoms with van der Waals surface area (Å²) in [4.78, 5) is 13.5. The maximum Gasteiger partial charge on any atom is 0.337 e. The van der Waals surface area contributed by atoms with Crippen LogP contribution < -0.4 is 11.1 Å². The Bertz CT molecular complexity index is 473. The standard InChI is InChI=1S/C14H21N3O3/c1-10(9-17-5-7-20-8-6-17)16-13-11(14(18)19)3-2-4-12(13)15/h2-4,10,16H,5-9,15H2,1H3,(H,18,19). The summed E-state index contributed by atoms with van der Waals surface area (Å²) in [5, 5.41) is 12.4. The fourth-order valence-electron chi connectivity index (χ4n) is 2.37. The van der Waals surface area contributed by atoms with Crippen molar-refractivity contribution in [3.05, 3.63) is 23.8 Å². The number of hydrogen-bond acceptors (Lipinski definition) is 5. The molecule has 1 fully saturated rings. The number of benzene rings is 1. The number of anilines is 2. The van der Waals surface area contributed by atoms with Crippen molar-refractivity contribution in [1.82, 2.24) is 4.90 Å². The molecule has 1 aliphatic heterocycles. The average Bonchev–Trinajstić information content (AvgIpc) is 2.42. The molecule has 0 radical (unpaired) electrons. The molecule has 20 heavy (non-hydrogen) atoms. The van der Waals surface area contributed by atoms with Gasteiger partial charge in [-0.2, -0.15) is 0 Å². The second-order valence-corrected chi connectivity index (χ2v) is 5.03. The molecule has 1 aromatic rings. The van der Waals surface area contributed by atoms with Gasteiger partial charge < -0.3 is 20.9 Å². The van der Waals surface area contributed by atoms with Gasteiger partial charge in [-0.1, -0.05) is 6.07 Å². The number of rotatable bonds is 5. The summed E-state index contributed by atoms with van der Waals surface area (Å²) in [6, 6.07) is 5.02. The van der Waals surface area contributed by atoms with Crippen LogP contribution >= 0.6 is 0 Å². The molecule has 1 unspecified atom stereocenters. The van der Waals surface area contributed by atoms with Crippen LogP contribution in [0.1, 0.15) is 17.3 Å². The molecule has 1 aliphatic rings. The van der Waals surface area contributed by atoms with Gasteiger partial charge in [0.1, 0.15) is 0 Å². The monoisotopic (exact) mass is 279 g/mol. The Hall–Kier alpha value is -1.79. The van der Waals surface area contributed by atoms with Crippen molar-refractivity contribution >= 4 is 17.3 Å². The molecule has 6 heteroatoms. The number of nitrogens with two attached hydrogens (primary N) is 1. The molecule has 0 aromatic heterocycles. The van der Waals surface area contributed by atoms with Gasteiger partial charge in [-0.3, -0.25) is 4.90 Å². The zero-order chi connectivity index (χ0) is 14.5. The lowest BCUT2D eigenvalue weighted by molar-refractivity contribution is 0.0368. The summed E-state index contributed by atoms with van der Waals surface area (Å²) >= 11 is 0. The number of para-hydroxylation sites is 1. The first-order valence-corrected chi connectivity index (χ1v) is 6.76. The lowest BCUT2D eigenvalue weighted by Crippen LogP contribution is -2.42. The molecule has 4 N–H and O–H groups in total. The van der Waals surface area contributed by atoms with Crippen LogP contribution in [0.2, 0.25) is 0 Å². The van der Waals surface area contributed by atoms with Crippen molar-refractivity contribution in [3.63, 3.8) is 0 Å². The number of nitrogens with one attached hydrogen (secondary N) is 1. The SMILES string of the molecule is CC(CN1CCOCC1)Nc1c(N)cccc1C(=O)O. The number of nitrogen functional groups attached to an aromatic ring is 1. The molecular weight excluding hydrogens is 258 g/mol. The highest BCUT2D eigenvalue weighted by Gasteiger charge is 2.17. The summed E-state index contributed by atoms with van der Waals surface area (Å²) in [7, 11) is 0. The lowest BCUT2D eigenvalue weighted by Gasteiger charge is -2.30. The van der Waals surface area contributed by atoms with Crippen LogP contribution in [-0.2, 0) is 4.74 Å². The van der Waals surface area contributed by atoms with Crippen LogP contribution in [0.25, 0.3) is 0 Å². The molecule has 0 amide bonds. The lowest BCUT2D eigenvalue weighted by atomic mass is 10.1. The summed E-state index contributed by atoms with van der Waals surface area (Å²) in [6.07, 6.45) is 0. The summed E-state index contributed by atoms with van der Waals surface area (Å²) in [5.74, 6) is -0.974. The predicted molar refractivity (Wildman–Crippen MR) is 78.2 cm³/mol. The van der Waals surface area contributed by atoms with Gasteiger partial charge in [0.15, 0.2) is 0 Å². The van der Waals surface area contributed by atoms with Gasteiger partial charge in [-0.25, -0.2) is 4.79 Å². The van der Waals surface area contributed by atoms with E-state index in [1.54, 1.807) is 18.2 Å². The highest BCUT2D eigenvalue weighted by molar-refractivity contribution is 5.97. The Labute approximate surface area is 118 Å². The van der Waals surface area contributed by atoms with Crippen LogP contribution in [0.4, 0.5) is 11.4 Å². The molecule has 2 rings (SSSR count). The van der Waals surface area contributed by atoms with E-state index < -0.39 is 5.97 Å². The van der Waals surface area contributed by atoms with Crippen molar-refractivity contribution in [1.29, 1.82) is 0 Å². The highest BCUT2D eigenvalue weighted by Crippen LogP contribution is 2.24. The normalized spacial score (nSPS) is 17.6. The summed E-state index contributed by atoms with van der Waals surface area (Å²) in [5.41, 5.74) is 7.05. The smallest absolute Gasteiger partial charge is 0.337 e. The molecule has 0 spiro atoms. The molecule has 110 valence electrons. The summed E-state index contributed by atoms with van der Waals surface area (Å²) < 4.78 is 5.31. The third-order valence-electron chi connectivity index (χ3n) is 3.35. The van der Waals surface area contributed by atoms with Gasteiger partial charge in [-0.15, -0.1) is 0 Å². The molecule has 1 atom stereocenters. The third kappa shape index (κ3) is 3.61. The average molecular weight is 279 g/mol. The number of nitrogens with zero attached hydrogens (tertiary/aromatic N) is 1. The minimum atomic E-state index is -0.974. The molecule has 1 saturated heterocycles.